The fraction of sp³-hybridized carbons (Fsp3) is 0.200. The molecule has 13 heavy (non-hydrogen) atoms. The van der Waals surface area contributed by atoms with Gasteiger partial charge in [0.1, 0.15) is 6.67 Å². The van der Waals surface area contributed by atoms with Crippen molar-refractivity contribution in [1.29, 1.82) is 0 Å². The molecule has 0 saturated heterocycles. The van der Waals surface area contributed by atoms with Crippen molar-refractivity contribution in [1.82, 2.24) is 4.57 Å². The Kier molecular flexibility index (Phi) is 2.12. The van der Waals surface area contributed by atoms with Crippen LogP contribution < -0.4 is 0 Å². The lowest BCUT2D eigenvalue weighted by Crippen LogP contribution is -1.92. The van der Waals surface area contributed by atoms with E-state index in [1.807, 2.05) is 35.9 Å². The zero-order valence-corrected chi connectivity index (χ0v) is 8.81. The molecule has 0 aliphatic rings. The smallest absolute Gasteiger partial charge is 0.129 e. The van der Waals surface area contributed by atoms with Crippen LogP contribution in [0.15, 0.2) is 28.7 Å². The topological polar surface area (TPSA) is 4.93 Å². The standard InChI is InChI=1S/C10H9BrFN/c1-13-7(6-12)5-8-9(11)3-2-4-10(8)13/h2-5H,6H2,1H3. The predicted octanol–water partition coefficient (Wildman–Crippen LogP) is 3.41. The quantitative estimate of drug-likeness (QED) is 0.722. The van der Waals surface area contributed by atoms with E-state index in [1.54, 1.807) is 0 Å². The SMILES string of the molecule is Cn1c(CF)cc2c(Br)cccc21. The third-order valence-electron chi connectivity index (χ3n) is 2.27. The Hall–Kier alpha value is -0.830. The molecular formula is C10H9BrFN. The number of rotatable bonds is 1. The van der Waals surface area contributed by atoms with E-state index in [2.05, 4.69) is 15.9 Å². The Balaban J connectivity index is 2.83. The Morgan fingerprint density at radius 2 is 2.23 bits per heavy atom. The van der Waals surface area contributed by atoms with Gasteiger partial charge in [0, 0.05) is 28.1 Å². The van der Waals surface area contributed by atoms with Gasteiger partial charge in [0.15, 0.2) is 0 Å². The zero-order chi connectivity index (χ0) is 9.42. The van der Waals surface area contributed by atoms with Crippen LogP contribution in [0.3, 0.4) is 0 Å². The molecule has 0 unspecified atom stereocenters. The Morgan fingerprint density at radius 3 is 2.85 bits per heavy atom. The van der Waals surface area contributed by atoms with Crippen molar-refractivity contribution in [3.8, 4) is 0 Å². The lowest BCUT2D eigenvalue weighted by atomic mass is 10.2. The summed E-state index contributed by atoms with van der Waals surface area (Å²) < 4.78 is 15.4. The van der Waals surface area contributed by atoms with Gasteiger partial charge in [0.25, 0.3) is 0 Å². The summed E-state index contributed by atoms with van der Waals surface area (Å²) in [7, 11) is 1.88. The average molecular weight is 242 g/mol. The van der Waals surface area contributed by atoms with Crippen LogP contribution in [0.5, 0.6) is 0 Å². The Morgan fingerprint density at radius 1 is 1.46 bits per heavy atom. The van der Waals surface area contributed by atoms with Crippen molar-refractivity contribution in [2.75, 3.05) is 0 Å². The highest BCUT2D eigenvalue weighted by Gasteiger charge is 2.06. The summed E-state index contributed by atoms with van der Waals surface area (Å²) in [4.78, 5) is 0. The molecule has 0 bridgehead atoms. The highest BCUT2D eigenvalue weighted by molar-refractivity contribution is 9.10. The van der Waals surface area contributed by atoms with Crippen LogP contribution >= 0.6 is 15.9 Å². The first-order valence-corrected chi connectivity index (χ1v) is 4.82. The Labute approximate surface area is 84.3 Å². The number of halogens is 2. The van der Waals surface area contributed by atoms with E-state index in [1.165, 1.54) is 0 Å². The maximum Gasteiger partial charge on any atom is 0.129 e. The number of fused-ring (bicyclic) bond motifs is 1. The third kappa shape index (κ3) is 1.27. The van der Waals surface area contributed by atoms with Crippen molar-refractivity contribution in [2.45, 2.75) is 6.67 Å². The molecule has 1 aromatic carbocycles. The summed E-state index contributed by atoms with van der Waals surface area (Å²) in [6.45, 7) is -0.419. The molecule has 0 amide bonds. The number of nitrogens with zero attached hydrogens (tertiary/aromatic N) is 1. The molecular weight excluding hydrogens is 233 g/mol. The molecule has 0 aliphatic heterocycles. The molecule has 0 N–H and O–H groups in total. The second-order valence-corrected chi connectivity index (χ2v) is 3.86. The number of alkyl halides is 1. The minimum Gasteiger partial charge on any atom is -0.345 e. The van der Waals surface area contributed by atoms with Crippen LogP contribution in [-0.2, 0) is 13.7 Å². The predicted molar refractivity (Wildman–Crippen MR) is 55.4 cm³/mol. The van der Waals surface area contributed by atoms with Crippen LogP contribution in [0.2, 0.25) is 0 Å². The molecule has 3 heteroatoms. The van der Waals surface area contributed by atoms with Crippen molar-refractivity contribution in [3.05, 3.63) is 34.4 Å². The van der Waals surface area contributed by atoms with Gasteiger partial charge in [0.2, 0.25) is 0 Å². The first kappa shape index (κ1) is 8.75. The van der Waals surface area contributed by atoms with Crippen LogP contribution in [0.4, 0.5) is 4.39 Å². The van der Waals surface area contributed by atoms with Gasteiger partial charge in [-0.25, -0.2) is 4.39 Å². The van der Waals surface area contributed by atoms with E-state index in [-0.39, 0.29) is 0 Å². The fourth-order valence-corrected chi connectivity index (χ4v) is 1.98. The van der Waals surface area contributed by atoms with Gasteiger partial charge < -0.3 is 4.57 Å². The summed E-state index contributed by atoms with van der Waals surface area (Å²) >= 11 is 3.44. The van der Waals surface area contributed by atoms with Gasteiger partial charge in [-0.15, -0.1) is 0 Å². The fourth-order valence-electron chi connectivity index (χ4n) is 1.51. The minimum absolute atomic E-state index is 0.419. The van der Waals surface area contributed by atoms with Crippen molar-refractivity contribution >= 4 is 26.8 Å². The van der Waals surface area contributed by atoms with Crippen LogP contribution in [0.1, 0.15) is 5.69 Å². The maximum absolute atomic E-state index is 12.5. The molecule has 0 atom stereocenters. The average Bonchev–Trinajstić information content (AvgIpc) is 2.45. The maximum atomic E-state index is 12.5. The number of benzene rings is 1. The second kappa shape index (κ2) is 3.14. The highest BCUT2D eigenvalue weighted by Crippen LogP contribution is 2.26. The molecule has 0 aliphatic carbocycles. The van der Waals surface area contributed by atoms with Crippen molar-refractivity contribution < 1.29 is 4.39 Å². The lowest BCUT2D eigenvalue weighted by Gasteiger charge is -1.99. The van der Waals surface area contributed by atoms with Gasteiger partial charge in [-0.05, 0) is 18.2 Å². The summed E-state index contributed by atoms with van der Waals surface area (Å²) in [6.07, 6.45) is 0. The number of aromatic nitrogens is 1. The monoisotopic (exact) mass is 241 g/mol. The first-order chi connectivity index (χ1) is 6.24. The normalized spacial score (nSPS) is 11.0. The van der Waals surface area contributed by atoms with E-state index in [0.717, 1.165) is 15.4 Å². The van der Waals surface area contributed by atoms with Gasteiger partial charge >= 0.3 is 0 Å². The molecule has 1 aromatic heterocycles. The summed E-state index contributed by atoms with van der Waals surface area (Å²) in [5.41, 5.74) is 1.77. The lowest BCUT2D eigenvalue weighted by molar-refractivity contribution is 0.467. The molecule has 68 valence electrons. The summed E-state index contributed by atoms with van der Waals surface area (Å²) in [5.74, 6) is 0. The largest absolute Gasteiger partial charge is 0.345 e. The van der Waals surface area contributed by atoms with E-state index >= 15 is 0 Å². The molecule has 2 rings (SSSR count). The highest BCUT2D eigenvalue weighted by atomic mass is 79.9. The Bertz CT molecular complexity index is 447. The van der Waals surface area contributed by atoms with Crippen molar-refractivity contribution in [2.24, 2.45) is 7.05 Å². The molecule has 0 fully saturated rings. The van der Waals surface area contributed by atoms with E-state index in [4.69, 9.17) is 0 Å². The molecule has 0 spiro atoms. The first-order valence-electron chi connectivity index (χ1n) is 4.03. The summed E-state index contributed by atoms with van der Waals surface area (Å²) in [6, 6.07) is 7.78. The molecule has 2 aromatic rings. The van der Waals surface area contributed by atoms with Crippen LogP contribution in [0, 0.1) is 0 Å². The van der Waals surface area contributed by atoms with Crippen molar-refractivity contribution in [3.63, 3.8) is 0 Å². The second-order valence-electron chi connectivity index (χ2n) is 3.00. The van der Waals surface area contributed by atoms with E-state index in [0.29, 0.717) is 5.69 Å². The minimum atomic E-state index is -0.419. The van der Waals surface area contributed by atoms with Crippen LogP contribution in [0.25, 0.3) is 10.9 Å². The van der Waals surface area contributed by atoms with Gasteiger partial charge in [-0.2, -0.15) is 0 Å². The molecule has 1 heterocycles. The van der Waals surface area contributed by atoms with E-state index < -0.39 is 6.67 Å². The molecule has 0 radical (unpaired) electrons. The van der Waals surface area contributed by atoms with Crippen LogP contribution in [-0.4, -0.2) is 4.57 Å². The number of hydrogen-bond donors (Lipinski definition) is 0. The van der Waals surface area contributed by atoms with E-state index in [9.17, 15) is 4.39 Å². The number of aryl methyl sites for hydroxylation is 1. The number of hydrogen-bond acceptors (Lipinski definition) is 0. The van der Waals surface area contributed by atoms with Gasteiger partial charge in [0.05, 0.1) is 0 Å². The van der Waals surface area contributed by atoms with Gasteiger partial charge in [-0.1, -0.05) is 22.0 Å². The summed E-state index contributed by atoms with van der Waals surface area (Å²) in [5, 5.41) is 1.07. The molecule has 1 nitrogen and oxygen atoms in total. The van der Waals surface area contributed by atoms with Gasteiger partial charge in [-0.3, -0.25) is 0 Å². The zero-order valence-electron chi connectivity index (χ0n) is 7.22. The third-order valence-corrected chi connectivity index (χ3v) is 2.96. The molecule has 0 saturated carbocycles.